The van der Waals surface area contributed by atoms with Gasteiger partial charge < -0.3 is 15.8 Å². The first-order chi connectivity index (χ1) is 8.69. The molecular formula is C12H10FN3O2. The molecule has 0 aliphatic carbocycles. The van der Waals surface area contributed by atoms with Crippen LogP contribution in [0.25, 0.3) is 0 Å². The topological polar surface area (TPSA) is 77.2 Å². The van der Waals surface area contributed by atoms with Crippen LogP contribution in [-0.2, 0) is 4.79 Å². The number of amides is 1. The van der Waals surface area contributed by atoms with Gasteiger partial charge in [0.2, 0.25) is 6.41 Å². The minimum absolute atomic E-state index is 0.0389. The van der Waals surface area contributed by atoms with E-state index in [-0.39, 0.29) is 11.6 Å². The number of rotatable bonds is 4. The average molecular weight is 247 g/mol. The number of nitrogens with zero attached hydrogens (tertiary/aromatic N) is 1. The molecule has 0 aliphatic heterocycles. The monoisotopic (exact) mass is 247 g/mol. The van der Waals surface area contributed by atoms with Gasteiger partial charge in [-0.1, -0.05) is 0 Å². The Morgan fingerprint density at radius 3 is 2.83 bits per heavy atom. The fourth-order valence-electron chi connectivity index (χ4n) is 1.36. The van der Waals surface area contributed by atoms with E-state index in [1.807, 2.05) is 0 Å². The number of carbonyl (C=O) groups is 1. The third-order valence-electron chi connectivity index (χ3n) is 2.14. The number of aromatic nitrogens is 1. The van der Waals surface area contributed by atoms with Gasteiger partial charge in [0.15, 0.2) is 11.6 Å². The van der Waals surface area contributed by atoms with Crippen molar-refractivity contribution in [2.75, 3.05) is 11.1 Å². The number of nitrogens with two attached hydrogens (primary N) is 1. The molecule has 3 N–H and O–H groups in total. The molecule has 0 radical (unpaired) electrons. The molecule has 1 aromatic heterocycles. The van der Waals surface area contributed by atoms with Gasteiger partial charge in [-0.15, -0.1) is 0 Å². The lowest BCUT2D eigenvalue weighted by Gasteiger charge is -2.08. The summed E-state index contributed by atoms with van der Waals surface area (Å²) in [6.07, 6.45) is 1.93. The number of nitrogen functional groups attached to an aromatic ring is 1. The molecule has 6 heteroatoms. The van der Waals surface area contributed by atoms with Crippen molar-refractivity contribution in [3.63, 3.8) is 0 Å². The summed E-state index contributed by atoms with van der Waals surface area (Å²) in [4.78, 5) is 14.0. The largest absolute Gasteiger partial charge is 0.454 e. The van der Waals surface area contributed by atoms with E-state index in [0.717, 1.165) is 6.07 Å². The maximum absolute atomic E-state index is 13.6. The molecule has 0 bridgehead atoms. The van der Waals surface area contributed by atoms with Gasteiger partial charge in [0.1, 0.15) is 11.6 Å². The van der Waals surface area contributed by atoms with Crippen LogP contribution >= 0.6 is 0 Å². The van der Waals surface area contributed by atoms with Crippen molar-refractivity contribution in [3.8, 4) is 11.5 Å². The Morgan fingerprint density at radius 1 is 1.33 bits per heavy atom. The van der Waals surface area contributed by atoms with Gasteiger partial charge >= 0.3 is 0 Å². The number of anilines is 2. The van der Waals surface area contributed by atoms with Gasteiger partial charge in [0.25, 0.3) is 0 Å². The number of carbonyl (C=O) groups excluding carboxylic acids is 1. The molecule has 0 unspecified atom stereocenters. The molecule has 5 nitrogen and oxygen atoms in total. The zero-order valence-corrected chi connectivity index (χ0v) is 9.26. The Hall–Kier alpha value is -2.63. The van der Waals surface area contributed by atoms with Gasteiger partial charge in [-0.25, -0.2) is 9.37 Å². The highest BCUT2D eigenvalue weighted by Crippen LogP contribution is 2.26. The summed E-state index contributed by atoms with van der Waals surface area (Å²) in [6, 6.07) is 7.15. The van der Waals surface area contributed by atoms with E-state index in [1.54, 1.807) is 6.07 Å². The number of ether oxygens (including phenoxy) is 1. The average Bonchev–Trinajstić information content (AvgIpc) is 2.33. The standard InChI is InChI=1S/C12H10FN3O2/c13-10-5-8(16-7-17)1-2-11(10)18-9-3-4-15-12(14)6-9/h1-7H,(H2,14,15)(H,16,17). The lowest BCUT2D eigenvalue weighted by Crippen LogP contribution is -1.96. The van der Waals surface area contributed by atoms with E-state index < -0.39 is 5.82 Å². The Bertz CT molecular complexity index is 575. The first-order valence-corrected chi connectivity index (χ1v) is 5.08. The lowest BCUT2D eigenvalue weighted by atomic mass is 10.3. The number of pyridine rings is 1. The normalized spacial score (nSPS) is 9.83. The second-order valence-electron chi connectivity index (χ2n) is 3.43. The summed E-state index contributed by atoms with van der Waals surface area (Å²) in [5, 5.41) is 2.34. The van der Waals surface area contributed by atoms with Crippen molar-refractivity contribution < 1.29 is 13.9 Å². The van der Waals surface area contributed by atoms with Crippen molar-refractivity contribution in [1.82, 2.24) is 4.98 Å². The van der Waals surface area contributed by atoms with Crippen LogP contribution in [0, 0.1) is 5.82 Å². The third-order valence-corrected chi connectivity index (χ3v) is 2.14. The summed E-state index contributed by atoms with van der Waals surface area (Å²) in [6.45, 7) is 0. The highest BCUT2D eigenvalue weighted by atomic mass is 19.1. The van der Waals surface area contributed by atoms with Crippen LogP contribution in [0.2, 0.25) is 0 Å². The lowest BCUT2D eigenvalue weighted by molar-refractivity contribution is -0.105. The van der Waals surface area contributed by atoms with Crippen LogP contribution in [0.3, 0.4) is 0 Å². The quantitative estimate of drug-likeness (QED) is 0.811. The van der Waals surface area contributed by atoms with Crippen molar-refractivity contribution >= 4 is 17.9 Å². The fraction of sp³-hybridized carbons (Fsp3) is 0. The molecule has 2 rings (SSSR count). The maximum atomic E-state index is 13.6. The minimum atomic E-state index is -0.586. The second kappa shape index (κ2) is 5.13. The Balaban J connectivity index is 2.21. The summed E-state index contributed by atoms with van der Waals surface area (Å²) in [7, 11) is 0. The number of hydrogen-bond acceptors (Lipinski definition) is 4. The Morgan fingerprint density at radius 2 is 2.17 bits per heavy atom. The zero-order chi connectivity index (χ0) is 13.0. The second-order valence-corrected chi connectivity index (χ2v) is 3.43. The number of hydrogen-bond donors (Lipinski definition) is 2. The molecule has 2 aromatic rings. The molecule has 0 aliphatic rings. The number of nitrogens with one attached hydrogen (secondary N) is 1. The fourth-order valence-corrected chi connectivity index (χ4v) is 1.36. The molecule has 0 saturated heterocycles. The molecule has 0 fully saturated rings. The van der Waals surface area contributed by atoms with Gasteiger partial charge in [0, 0.05) is 24.0 Å². The third kappa shape index (κ3) is 2.73. The van der Waals surface area contributed by atoms with Crippen LogP contribution in [0.15, 0.2) is 36.5 Å². The van der Waals surface area contributed by atoms with Gasteiger partial charge in [-0.2, -0.15) is 0 Å². The summed E-state index contributed by atoms with van der Waals surface area (Å²) in [5.74, 6) is 0.124. The molecule has 1 aromatic carbocycles. The van der Waals surface area contributed by atoms with Crippen LogP contribution < -0.4 is 15.8 Å². The highest BCUT2D eigenvalue weighted by Gasteiger charge is 2.06. The van der Waals surface area contributed by atoms with E-state index in [1.165, 1.54) is 24.4 Å². The number of benzene rings is 1. The Kier molecular flexibility index (Phi) is 3.38. The van der Waals surface area contributed by atoms with E-state index in [0.29, 0.717) is 17.8 Å². The van der Waals surface area contributed by atoms with E-state index in [2.05, 4.69) is 10.3 Å². The van der Waals surface area contributed by atoms with Gasteiger partial charge in [0.05, 0.1) is 0 Å². The summed E-state index contributed by atoms with van der Waals surface area (Å²) < 4.78 is 18.9. The predicted molar refractivity (Wildman–Crippen MR) is 64.8 cm³/mol. The van der Waals surface area contributed by atoms with Crippen molar-refractivity contribution in [3.05, 3.63) is 42.3 Å². The molecule has 92 valence electrons. The van der Waals surface area contributed by atoms with Crippen LogP contribution in [0.5, 0.6) is 11.5 Å². The van der Waals surface area contributed by atoms with Crippen molar-refractivity contribution in [2.24, 2.45) is 0 Å². The van der Waals surface area contributed by atoms with Crippen LogP contribution in [0.4, 0.5) is 15.9 Å². The van der Waals surface area contributed by atoms with Crippen LogP contribution in [0.1, 0.15) is 0 Å². The molecule has 0 spiro atoms. The SMILES string of the molecule is Nc1cc(Oc2ccc(NC=O)cc2F)ccn1. The minimum Gasteiger partial charge on any atom is -0.454 e. The molecular weight excluding hydrogens is 237 g/mol. The summed E-state index contributed by atoms with van der Waals surface area (Å²) >= 11 is 0. The van der Waals surface area contributed by atoms with E-state index in [9.17, 15) is 9.18 Å². The van der Waals surface area contributed by atoms with E-state index >= 15 is 0 Å². The smallest absolute Gasteiger partial charge is 0.211 e. The first kappa shape index (κ1) is 11.8. The summed E-state index contributed by atoms with van der Waals surface area (Å²) in [5.41, 5.74) is 5.83. The maximum Gasteiger partial charge on any atom is 0.211 e. The molecule has 0 atom stereocenters. The highest BCUT2D eigenvalue weighted by molar-refractivity contribution is 5.71. The van der Waals surface area contributed by atoms with Crippen molar-refractivity contribution in [1.29, 1.82) is 0 Å². The van der Waals surface area contributed by atoms with Crippen LogP contribution in [-0.4, -0.2) is 11.4 Å². The molecule has 1 heterocycles. The predicted octanol–water partition coefficient (Wildman–Crippen LogP) is 2.16. The zero-order valence-electron chi connectivity index (χ0n) is 9.26. The van der Waals surface area contributed by atoms with E-state index in [4.69, 9.17) is 10.5 Å². The molecule has 18 heavy (non-hydrogen) atoms. The first-order valence-electron chi connectivity index (χ1n) is 5.08. The Labute approximate surface area is 102 Å². The van der Waals surface area contributed by atoms with Gasteiger partial charge in [-0.3, -0.25) is 4.79 Å². The number of halogens is 1. The molecule has 0 saturated carbocycles. The van der Waals surface area contributed by atoms with Gasteiger partial charge in [-0.05, 0) is 18.2 Å². The molecule has 1 amide bonds. The van der Waals surface area contributed by atoms with Crippen molar-refractivity contribution in [2.45, 2.75) is 0 Å².